The van der Waals surface area contributed by atoms with Crippen molar-refractivity contribution in [3.05, 3.63) is 0 Å². The molecule has 0 unspecified atom stereocenters. The molecule has 0 heterocycles. The molecule has 0 aliphatic rings. The molecule has 0 spiro atoms. The summed E-state index contributed by atoms with van der Waals surface area (Å²) < 4.78 is 44.6. The molecule has 50 heavy (non-hydrogen) atoms. The van der Waals surface area contributed by atoms with Crippen LogP contribution in [0.4, 0.5) is 0 Å². The maximum absolute atomic E-state index is 5.70. The Kier molecular flexibility index (Phi) is 48.4. The number of rotatable bonds is 47. The quantitative estimate of drug-likeness (QED) is 0.0576. The van der Waals surface area contributed by atoms with Gasteiger partial charge < -0.3 is 37.9 Å². The van der Waals surface area contributed by atoms with E-state index in [9.17, 15) is 0 Å². The van der Waals surface area contributed by atoms with Crippen LogP contribution < -0.4 is 0 Å². The second-order valence-electron chi connectivity index (χ2n) is 13.7. The smallest absolute Gasteiger partial charge is 0.0701 e. The summed E-state index contributed by atoms with van der Waals surface area (Å²) in [6.07, 6.45) is 32.9. The van der Waals surface area contributed by atoms with Crippen molar-refractivity contribution in [1.29, 1.82) is 0 Å². The van der Waals surface area contributed by atoms with Crippen LogP contribution in [0.2, 0.25) is 0 Å². The van der Waals surface area contributed by atoms with Crippen LogP contribution in [0.25, 0.3) is 0 Å². The van der Waals surface area contributed by atoms with Gasteiger partial charge in [-0.25, -0.2) is 0 Å². The first-order valence-corrected chi connectivity index (χ1v) is 21.5. The van der Waals surface area contributed by atoms with Crippen molar-refractivity contribution in [1.82, 2.24) is 0 Å². The predicted octanol–water partition coefficient (Wildman–Crippen LogP) is 10.5. The topological polar surface area (TPSA) is 73.8 Å². The zero-order valence-corrected chi connectivity index (χ0v) is 33.6. The van der Waals surface area contributed by atoms with Gasteiger partial charge in [-0.2, -0.15) is 0 Å². The molecule has 0 aromatic rings. The van der Waals surface area contributed by atoms with Crippen LogP contribution in [0.3, 0.4) is 0 Å². The first-order valence-electron chi connectivity index (χ1n) is 21.5. The van der Waals surface area contributed by atoms with Crippen molar-refractivity contribution in [2.75, 3.05) is 106 Å². The molecule has 0 saturated carbocycles. The second kappa shape index (κ2) is 48.7. The van der Waals surface area contributed by atoms with Gasteiger partial charge in [0.15, 0.2) is 0 Å². The molecular formula is C42H86O8. The maximum atomic E-state index is 5.70. The van der Waals surface area contributed by atoms with Gasteiger partial charge in [0.2, 0.25) is 0 Å². The first kappa shape index (κ1) is 49.7. The Balaban J connectivity index is 3.04. The summed E-state index contributed by atoms with van der Waals surface area (Å²) in [5.74, 6) is 0. The lowest BCUT2D eigenvalue weighted by Crippen LogP contribution is -2.15. The molecule has 0 fully saturated rings. The lowest BCUT2D eigenvalue weighted by molar-refractivity contribution is -0.0232. The summed E-state index contributed by atoms with van der Waals surface area (Å²) in [5, 5.41) is 0. The molecule has 0 radical (unpaired) electrons. The Bertz CT molecular complexity index is 520. The molecule has 0 amide bonds. The summed E-state index contributed by atoms with van der Waals surface area (Å²) in [5.41, 5.74) is 0. The number of ether oxygens (including phenoxy) is 8. The van der Waals surface area contributed by atoms with E-state index in [0.717, 1.165) is 26.1 Å². The van der Waals surface area contributed by atoms with Gasteiger partial charge in [0.25, 0.3) is 0 Å². The fourth-order valence-corrected chi connectivity index (χ4v) is 5.73. The van der Waals surface area contributed by atoms with Crippen LogP contribution in [0.15, 0.2) is 0 Å². The Labute approximate surface area is 311 Å². The van der Waals surface area contributed by atoms with Gasteiger partial charge in [-0.1, -0.05) is 155 Å². The fourth-order valence-electron chi connectivity index (χ4n) is 5.73. The van der Waals surface area contributed by atoms with E-state index in [1.807, 2.05) is 0 Å². The van der Waals surface area contributed by atoms with Gasteiger partial charge in [0.05, 0.1) is 92.5 Å². The van der Waals surface area contributed by atoms with Crippen LogP contribution >= 0.6 is 0 Å². The van der Waals surface area contributed by atoms with E-state index in [0.29, 0.717) is 92.5 Å². The lowest BCUT2D eigenvalue weighted by atomic mass is 10.0. The number of hydrogen-bond acceptors (Lipinski definition) is 8. The Morgan fingerprint density at radius 3 is 0.480 bits per heavy atom. The molecular weight excluding hydrogens is 632 g/mol. The molecule has 0 saturated heterocycles. The van der Waals surface area contributed by atoms with Crippen LogP contribution in [-0.4, -0.2) is 106 Å². The summed E-state index contributed by atoms with van der Waals surface area (Å²) in [6, 6.07) is 0. The van der Waals surface area contributed by atoms with Crippen LogP contribution in [0.5, 0.6) is 0 Å². The third-order valence-electron chi connectivity index (χ3n) is 8.89. The largest absolute Gasteiger partial charge is 0.379 e. The van der Waals surface area contributed by atoms with Gasteiger partial charge >= 0.3 is 0 Å². The van der Waals surface area contributed by atoms with Gasteiger partial charge in [0.1, 0.15) is 0 Å². The molecule has 0 bridgehead atoms. The minimum absolute atomic E-state index is 0.554. The van der Waals surface area contributed by atoms with Crippen molar-refractivity contribution in [2.45, 2.75) is 168 Å². The monoisotopic (exact) mass is 719 g/mol. The highest BCUT2D eigenvalue weighted by molar-refractivity contribution is 4.50. The Morgan fingerprint density at radius 1 is 0.160 bits per heavy atom. The third kappa shape index (κ3) is 47.7. The fraction of sp³-hybridized carbons (Fsp3) is 1.00. The van der Waals surface area contributed by atoms with E-state index >= 15 is 0 Å². The van der Waals surface area contributed by atoms with Gasteiger partial charge in [-0.3, -0.25) is 0 Å². The molecule has 302 valence electrons. The van der Waals surface area contributed by atoms with Crippen LogP contribution in [0, 0.1) is 0 Å². The average Bonchev–Trinajstić information content (AvgIpc) is 3.13. The van der Waals surface area contributed by atoms with E-state index in [2.05, 4.69) is 13.8 Å². The van der Waals surface area contributed by atoms with Crippen LogP contribution in [-0.2, 0) is 37.9 Å². The first-order chi connectivity index (χ1) is 24.9. The maximum Gasteiger partial charge on any atom is 0.0701 e. The third-order valence-corrected chi connectivity index (χ3v) is 8.89. The predicted molar refractivity (Wildman–Crippen MR) is 209 cm³/mol. The zero-order chi connectivity index (χ0) is 35.9. The highest BCUT2D eigenvalue weighted by atomic mass is 16.6. The van der Waals surface area contributed by atoms with Crippen molar-refractivity contribution in [3.63, 3.8) is 0 Å². The number of hydrogen-bond donors (Lipinski definition) is 0. The standard InChI is InChI=1S/C42H86O8/c1-3-5-7-9-11-13-14-15-16-17-18-19-20-22-24-26-28-44-30-32-46-34-36-48-38-40-50-42-41-49-39-37-47-35-33-45-31-29-43-27-25-23-21-12-10-8-6-4-2/h3-42H2,1-2H3. The summed E-state index contributed by atoms with van der Waals surface area (Å²) >= 11 is 0. The van der Waals surface area contributed by atoms with Crippen LogP contribution in [0.1, 0.15) is 168 Å². The van der Waals surface area contributed by atoms with Gasteiger partial charge in [0, 0.05) is 13.2 Å². The normalized spacial score (nSPS) is 11.6. The van der Waals surface area contributed by atoms with E-state index in [1.165, 1.54) is 141 Å². The summed E-state index contributed by atoms with van der Waals surface area (Å²) in [4.78, 5) is 0. The highest BCUT2D eigenvalue weighted by Crippen LogP contribution is 2.14. The van der Waals surface area contributed by atoms with E-state index in [-0.39, 0.29) is 0 Å². The van der Waals surface area contributed by atoms with Gasteiger partial charge in [-0.05, 0) is 12.8 Å². The lowest BCUT2D eigenvalue weighted by Gasteiger charge is -2.09. The molecule has 0 atom stereocenters. The van der Waals surface area contributed by atoms with E-state index in [4.69, 9.17) is 37.9 Å². The SMILES string of the molecule is CCCCCCCCCCCCCCCCCCOCCOCCOCCOCCOCCOCCOCCOCCCCCCCCCC. The van der Waals surface area contributed by atoms with Gasteiger partial charge in [-0.15, -0.1) is 0 Å². The molecule has 0 aromatic heterocycles. The summed E-state index contributed by atoms with van der Waals surface area (Å²) in [7, 11) is 0. The van der Waals surface area contributed by atoms with Crippen molar-refractivity contribution < 1.29 is 37.9 Å². The van der Waals surface area contributed by atoms with E-state index in [1.54, 1.807) is 0 Å². The van der Waals surface area contributed by atoms with Crippen molar-refractivity contribution >= 4 is 0 Å². The van der Waals surface area contributed by atoms with Crippen molar-refractivity contribution in [2.24, 2.45) is 0 Å². The van der Waals surface area contributed by atoms with Crippen molar-refractivity contribution in [3.8, 4) is 0 Å². The molecule has 8 nitrogen and oxygen atoms in total. The molecule has 0 aromatic carbocycles. The minimum atomic E-state index is 0.554. The van der Waals surface area contributed by atoms with E-state index < -0.39 is 0 Å². The second-order valence-corrected chi connectivity index (χ2v) is 13.7. The average molecular weight is 719 g/mol. The molecule has 0 aliphatic carbocycles. The minimum Gasteiger partial charge on any atom is -0.379 e. The molecule has 0 aliphatic heterocycles. The highest BCUT2D eigenvalue weighted by Gasteiger charge is 1.98. The summed E-state index contributed by atoms with van der Waals surface area (Å²) in [6.45, 7) is 14.5. The number of unbranched alkanes of at least 4 members (excludes halogenated alkanes) is 22. The molecule has 0 N–H and O–H groups in total. The zero-order valence-electron chi connectivity index (χ0n) is 33.6. The Hall–Kier alpha value is -0.320. The Morgan fingerprint density at radius 2 is 0.300 bits per heavy atom. The molecule has 0 rings (SSSR count). The molecule has 8 heteroatoms.